The Labute approximate surface area is 177 Å². The van der Waals surface area contributed by atoms with Gasteiger partial charge in [0.15, 0.2) is 11.5 Å². The van der Waals surface area contributed by atoms with Crippen LogP contribution < -0.4 is 24.0 Å². The predicted octanol–water partition coefficient (Wildman–Crippen LogP) is 1.81. The van der Waals surface area contributed by atoms with E-state index in [1.807, 2.05) is 30.3 Å². The molecule has 1 heterocycles. The molecule has 1 aliphatic rings. The molecule has 1 atom stereocenters. The fourth-order valence-electron chi connectivity index (χ4n) is 3.72. The maximum Gasteiger partial charge on any atom is 0.203 e. The van der Waals surface area contributed by atoms with Crippen molar-refractivity contribution in [1.29, 1.82) is 0 Å². The van der Waals surface area contributed by atoms with E-state index in [2.05, 4.69) is 17.9 Å². The van der Waals surface area contributed by atoms with Crippen molar-refractivity contribution in [3.8, 4) is 17.2 Å². The van der Waals surface area contributed by atoms with Gasteiger partial charge < -0.3 is 29.1 Å². The standard InChI is InChI=1S/C22H29ClN2O4/c1-16-7-8-17(23)13-19(16)25-11-9-24(10-12-25)14-18(26)15-29-22-20(27-2)5-4-6-21(22)28-3/h4-8,13,18,26H,9-12,14-15H2,1-3H3/p+1/t18-/m1/s1. The number of aliphatic hydroxyl groups is 1. The number of nitrogens with one attached hydrogen (secondary N) is 1. The van der Waals surface area contributed by atoms with Gasteiger partial charge in [0.25, 0.3) is 0 Å². The van der Waals surface area contributed by atoms with Crippen LogP contribution in [-0.2, 0) is 0 Å². The van der Waals surface area contributed by atoms with Gasteiger partial charge in [0.05, 0.1) is 40.4 Å². The molecule has 7 heteroatoms. The van der Waals surface area contributed by atoms with Crippen molar-refractivity contribution in [2.24, 2.45) is 0 Å². The fourth-order valence-corrected chi connectivity index (χ4v) is 3.89. The highest BCUT2D eigenvalue weighted by atomic mass is 35.5. The first-order valence-electron chi connectivity index (χ1n) is 9.88. The van der Waals surface area contributed by atoms with Crippen LogP contribution in [-0.4, -0.2) is 64.8 Å². The van der Waals surface area contributed by atoms with Crippen LogP contribution in [0.4, 0.5) is 5.69 Å². The first-order valence-corrected chi connectivity index (χ1v) is 10.3. The first-order chi connectivity index (χ1) is 14.0. The van der Waals surface area contributed by atoms with E-state index in [0.29, 0.717) is 23.8 Å². The highest BCUT2D eigenvalue weighted by molar-refractivity contribution is 6.30. The van der Waals surface area contributed by atoms with Crippen LogP contribution in [0.5, 0.6) is 17.2 Å². The number of nitrogens with zero attached hydrogens (tertiary/aromatic N) is 1. The van der Waals surface area contributed by atoms with Gasteiger partial charge in [-0.1, -0.05) is 23.7 Å². The Morgan fingerprint density at radius 1 is 1.10 bits per heavy atom. The lowest BCUT2D eigenvalue weighted by atomic mass is 10.1. The van der Waals surface area contributed by atoms with Crippen molar-refractivity contribution in [1.82, 2.24) is 0 Å². The molecule has 3 rings (SSSR count). The van der Waals surface area contributed by atoms with Crippen LogP contribution in [0.2, 0.25) is 5.02 Å². The zero-order valence-corrected chi connectivity index (χ0v) is 18.0. The highest BCUT2D eigenvalue weighted by Gasteiger charge is 2.24. The molecule has 1 aliphatic heterocycles. The second-order valence-electron chi connectivity index (χ2n) is 7.33. The lowest BCUT2D eigenvalue weighted by molar-refractivity contribution is -0.903. The van der Waals surface area contributed by atoms with Crippen molar-refractivity contribution in [3.05, 3.63) is 47.0 Å². The summed E-state index contributed by atoms with van der Waals surface area (Å²) in [6.07, 6.45) is -0.570. The zero-order chi connectivity index (χ0) is 20.8. The summed E-state index contributed by atoms with van der Waals surface area (Å²) in [6.45, 7) is 6.73. The third kappa shape index (κ3) is 5.47. The number of halogens is 1. The van der Waals surface area contributed by atoms with Crippen LogP contribution in [0.25, 0.3) is 0 Å². The summed E-state index contributed by atoms with van der Waals surface area (Å²) in [5.74, 6) is 1.71. The van der Waals surface area contributed by atoms with E-state index in [-0.39, 0.29) is 6.61 Å². The minimum absolute atomic E-state index is 0.192. The summed E-state index contributed by atoms with van der Waals surface area (Å²) >= 11 is 6.17. The fraction of sp³-hybridized carbons (Fsp3) is 0.455. The van der Waals surface area contributed by atoms with Gasteiger partial charge in [0, 0.05) is 10.7 Å². The molecular weight excluding hydrogens is 392 g/mol. The van der Waals surface area contributed by atoms with Crippen molar-refractivity contribution in [2.75, 3.05) is 58.5 Å². The largest absolute Gasteiger partial charge is 0.493 e. The number of piperazine rings is 1. The second kappa shape index (κ2) is 10.1. The maximum absolute atomic E-state index is 10.5. The normalized spacial score (nSPS) is 15.8. The molecule has 0 saturated carbocycles. The number of quaternary nitrogens is 1. The van der Waals surface area contributed by atoms with Crippen LogP contribution >= 0.6 is 11.6 Å². The Hall–Kier alpha value is -2.15. The van der Waals surface area contributed by atoms with Crippen molar-refractivity contribution < 1.29 is 24.2 Å². The number of benzene rings is 2. The topological polar surface area (TPSA) is 55.6 Å². The van der Waals surface area contributed by atoms with Gasteiger partial charge in [-0.05, 0) is 36.8 Å². The molecule has 1 fully saturated rings. The number of aryl methyl sites for hydroxylation is 1. The Morgan fingerprint density at radius 2 is 1.76 bits per heavy atom. The monoisotopic (exact) mass is 421 g/mol. The van der Waals surface area contributed by atoms with Gasteiger partial charge in [-0.15, -0.1) is 0 Å². The Bertz CT molecular complexity index is 787. The predicted molar refractivity (Wildman–Crippen MR) is 115 cm³/mol. The third-order valence-electron chi connectivity index (χ3n) is 5.31. The van der Waals surface area contributed by atoms with E-state index in [1.54, 1.807) is 14.2 Å². The smallest absolute Gasteiger partial charge is 0.203 e. The molecule has 0 aromatic heterocycles. The van der Waals surface area contributed by atoms with Gasteiger partial charge in [-0.2, -0.15) is 0 Å². The average molecular weight is 422 g/mol. The number of hydrogen-bond donors (Lipinski definition) is 2. The molecule has 158 valence electrons. The molecule has 0 aliphatic carbocycles. The van der Waals surface area contributed by atoms with Crippen LogP contribution in [0.3, 0.4) is 0 Å². The third-order valence-corrected chi connectivity index (χ3v) is 5.54. The molecule has 2 N–H and O–H groups in total. The Kier molecular flexibility index (Phi) is 7.47. The second-order valence-corrected chi connectivity index (χ2v) is 7.76. The molecule has 29 heavy (non-hydrogen) atoms. The van der Waals surface area contributed by atoms with Gasteiger partial charge >= 0.3 is 0 Å². The quantitative estimate of drug-likeness (QED) is 0.681. The Morgan fingerprint density at radius 3 is 2.38 bits per heavy atom. The summed E-state index contributed by atoms with van der Waals surface area (Å²) in [5.41, 5.74) is 2.43. The van der Waals surface area contributed by atoms with E-state index in [4.69, 9.17) is 25.8 Å². The summed E-state index contributed by atoms with van der Waals surface area (Å²) in [7, 11) is 3.17. The van der Waals surface area contributed by atoms with E-state index in [1.165, 1.54) is 16.2 Å². The molecule has 6 nitrogen and oxygen atoms in total. The summed E-state index contributed by atoms with van der Waals surface area (Å²) in [5, 5.41) is 11.3. The average Bonchev–Trinajstić information content (AvgIpc) is 2.74. The van der Waals surface area contributed by atoms with Crippen LogP contribution in [0, 0.1) is 6.92 Å². The lowest BCUT2D eigenvalue weighted by Gasteiger charge is -2.35. The number of rotatable bonds is 8. The van der Waals surface area contributed by atoms with Gasteiger partial charge in [-0.3, -0.25) is 0 Å². The van der Waals surface area contributed by atoms with E-state index in [9.17, 15) is 5.11 Å². The molecule has 1 saturated heterocycles. The van der Waals surface area contributed by atoms with Crippen LogP contribution in [0.1, 0.15) is 5.56 Å². The van der Waals surface area contributed by atoms with Crippen molar-refractivity contribution >= 4 is 17.3 Å². The SMILES string of the molecule is COc1cccc(OC)c1OC[C@H](O)C[NH+]1CCN(c2cc(Cl)ccc2C)CC1. The number of hydrogen-bond acceptors (Lipinski definition) is 5. The van der Waals surface area contributed by atoms with E-state index >= 15 is 0 Å². The summed E-state index contributed by atoms with van der Waals surface area (Å²) in [4.78, 5) is 3.73. The highest BCUT2D eigenvalue weighted by Crippen LogP contribution is 2.36. The van der Waals surface area contributed by atoms with Crippen molar-refractivity contribution in [3.63, 3.8) is 0 Å². The molecule has 2 aromatic rings. The summed E-state index contributed by atoms with van der Waals surface area (Å²) in [6, 6.07) is 11.5. The number of para-hydroxylation sites is 1. The van der Waals surface area contributed by atoms with Crippen LogP contribution in [0.15, 0.2) is 36.4 Å². The number of ether oxygens (including phenoxy) is 3. The van der Waals surface area contributed by atoms with Crippen molar-refractivity contribution in [2.45, 2.75) is 13.0 Å². The molecule has 0 amide bonds. The van der Waals surface area contributed by atoms with Gasteiger partial charge in [0.1, 0.15) is 19.3 Å². The summed E-state index contributed by atoms with van der Waals surface area (Å²) < 4.78 is 16.5. The zero-order valence-electron chi connectivity index (χ0n) is 17.3. The molecule has 2 aromatic carbocycles. The minimum atomic E-state index is -0.570. The van der Waals surface area contributed by atoms with E-state index < -0.39 is 6.10 Å². The molecule has 0 bridgehead atoms. The molecular formula is C22H30ClN2O4+. The number of methoxy groups -OCH3 is 2. The van der Waals surface area contributed by atoms with E-state index in [0.717, 1.165) is 31.2 Å². The number of anilines is 1. The minimum Gasteiger partial charge on any atom is -0.493 e. The Balaban J connectivity index is 1.50. The van der Waals surface area contributed by atoms with Gasteiger partial charge in [-0.25, -0.2) is 0 Å². The maximum atomic E-state index is 10.5. The first kappa shape index (κ1) is 21.6. The molecule has 0 spiro atoms. The number of aliphatic hydroxyl groups excluding tert-OH is 1. The lowest BCUT2D eigenvalue weighted by Crippen LogP contribution is -3.16. The molecule has 0 unspecified atom stereocenters. The molecule has 0 radical (unpaired) electrons. The van der Waals surface area contributed by atoms with Gasteiger partial charge in [0.2, 0.25) is 5.75 Å².